The van der Waals surface area contributed by atoms with Gasteiger partial charge in [-0.3, -0.25) is 4.79 Å². The maximum atomic E-state index is 12.2. The lowest BCUT2D eigenvalue weighted by Gasteiger charge is -2.31. The van der Waals surface area contributed by atoms with Crippen molar-refractivity contribution in [2.45, 2.75) is 58.4 Å². The first-order valence-corrected chi connectivity index (χ1v) is 6.68. The van der Waals surface area contributed by atoms with Crippen molar-refractivity contribution >= 4 is 5.91 Å². The summed E-state index contributed by atoms with van der Waals surface area (Å²) < 4.78 is 0. The summed E-state index contributed by atoms with van der Waals surface area (Å²) in [6.45, 7) is 7.01. The normalized spacial score (nSPS) is 14.4. The first kappa shape index (κ1) is 16.4. The lowest BCUT2D eigenvalue weighted by Crippen LogP contribution is -2.54. The second-order valence-corrected chi connectivity index (χ2v) is 4.89. The number of aliphatic hydroxyl groups excluding tert-OH is 1. The van der Waals surface area contributed by atoms with Crippen molar-refractivity contribution in [3.05, 3.63) is 0 Å². The van der Waals surface area contributed by atoms with Crippen molar-refractivity contribution in [3.63, 3.8) is 0 Å². The van der Waals surface area contributed by atoms with Gasteiger partial charge in [0.15, 0.2) is 0 Å². The van der Waals surface area contributed by atoms with E-state index >= 15 is 0 Å². The van der Waals surface area contributed by atoms with Crippen LogP contribution < -0.4 is 5.73 Å². The van der Waals surface area contributed by atoms with Crippen LogP contribution in [0.2, 0.25) is 0 Å². The molecule has 0 rings (SSSR count). The maximum Gasteiger partial charge on any atom is 0.242 e. The van der Waals surface area contributed by atoms with E-state index < -0.39 is 5.54 Å². The van der Waals surface area contributed by atoms with Gasteiger partial charge in [-0.05, 0) is 19.8 Å². The second kappa shape index (κ2) is 8.48. The van der Waals surface area contributed by atoms with E-state index in [1.165, 1.54) is 0 Å². The second-order valence-electron chi connectivity index (χ2n) is 4.89. The topological polar surface area (TPSA) is 66.6 Å². The van der Waals surface area contributed by atoms with E-state index in [1.54, 1.807) is 11.8 Å². The van der Waals surface area contributed by atoms with Gasteiger partial charge in [-0.2, -0.15) is 0 Å². The Morgan fingerprint density at radius 3 is 2.35 bits per heavy atom. The van der Waals surface area contributed by atoms with Crippen molar-refractivity contribution in [2.24, 2.45) is 5.73 Å². The number of rotatable bonds is 9. The van der Waals surface area contributed by atoms with Gasteiger partial charge in [-0.25, -0.2) is 0 Å². The Labute approximate surface area is 105 Å². The number of amides is 1. The lowest BCUT2D eigenvalue weighted by molar-refractivity contribution is -0.137. The molecule has 0 heterocycles. The first-order valence-electron chi connectivity index (χ1n) is 6.68. The fourth-order valence-corrected chi connectivity index (χ4v) is 1.98. The average molecular weight is 244 g/mol. The highest BCUT2D eigenvalue weighted by Gasteiger charge is 2.31. The molecule has 102 valence electrons. The third-order valence-corrected chi connectivity index (χ3v) is 2.95. The molecular weight excluding hydrogens is 216 g/mol. The molecule has 0 bridgehead atoms. The average Bonchev–Trinajstić information content (AvgIpc) is 2.27. The van der Waals surface area contributed by atoms with Crippen molar-refractivity contribution in [1.29, 1.82) is 0 Å². The van der Waals surface area contributed by atoms with Crippen molar-refractivity contribution in [2.75, 3.05) is 19.7 Å². The minimum atomic E-state index is -0.796. The van der Waals surface area contributed by atoms with E-state index in [-0.39, 0.29) is 12.5 Å². The summed E-state index contributed by atoms with van der Waals surface area (Å²) in [7, 11) is 0. The van der Waals surface area contributed by atoms with Crippen molar-refractivity contribution in [3.8, 4) is 0 Å². The molecule has 17 heavy (non-hydrogen) atoms. The molecule has 0 radical (unpaired) electrons. The summed E-state index contributed by atoms with van der Waals surface area (Å²) in [5, 5.41) is 9.00. The van der Waals surface area contributed by atoms with Crippen LogP contribution in [-0.4, -0.2) is 41.1 Å². The Balaban J connectivity index is 4.41. The minimum absolute atomic E-state index is 0.0000694. The Bertz CT molecular complexity index is 217. The van der Waals surface area contributed by atoms with Crippen LogP contribution in [0.25, 0.3) is 0 Å². The molecule has 0 aromatic rings. The third kappa shape index (κ3) is 6.03. The fourth-order valence-electron chi connectivity index (χ4n) is 1.98. The van der Waals surface area contributed by atoms with Crippen LogP contribution in [0, 0.1) is 0 Å². The van der Waals surface area contributed by atoms with Gasteiger partial charge < -0.3 is 15.7 Å². The number of carbonyl (C=O) groups excluding carboxylic acids is 1. The summed E-state index contributed by atoms with van der Waals surface area (Å²) in [6, 6.07) is 0. The quantitative estimate of drug-likeness (QED) is 0.604. The molecule has 0 saturated carbocycles. The van der Waals surface area contributed by atoms with E-state index in [0.29, 0.717) is 19.5 Å². The monoisotopic (exact) mass is 244 g/mol. The predicted molar refractivity (Wildman–Crippen MR) is 70.7 cm³/mol. The zero-order valence-corrected chi connectivity index (χ0v) is 11.5. The Kier molecular flexibility index (Phi) is 8.17. The highest BCUT2D eigenvalue weighted by Crippen LogP contribution is 2.13. The van der Waals surface area contributed by atoms with Gasteiger partial charge in [-0.15, -0.1) is 0 Å². The summed E-state index contributed by atoms with van der Waals surface area (Å²) in [5.41, 5.74) is 5.24. The lowest BCUT2D eigenvalue weighted by atomic mass is 9.95. The summed E-state index contributed by atoms with van der Waals surface area (Å²) >= 11 is 0. The van der Waals surface area contributed by atoms with Crippen LogP contribution in [0.15, 0.2) is 0 Å². The molecule has 0 aliphatic carbocycles. The van der Waals surface area contributed by atoms with Crippen LogP contribution in [0.1, 0.15) is 52.9 Å². The minimum Gasteiger partial charge on any atom is -0.395 e. The molecule has 4 nitrogen and oxygen atoms in total. The highest BCUT2D eigenvalue weighted by atomic mass is 16.3. The molecule has 3 N–H and O–H groups in total. The van der Waals surface area contributed by atoms with Crippen molar-refractivity contribution in [1.82, 2.24) is 4.90 Å². The number of nitrogens with two attached hydrogens (primary N) is 1. The molecule has 4 heteroatoms. The highest BCUT2D eigenvalue weighted by molar-refractivity contribution is 5.85. The molecule has 0 aromatic carbocycles. The van der Waals surface area contributed by atoms with Crippen molar-refractivity contribution < 1.29 is 9.90 Å². The van der Waals surface area contributed by atoms with Gasteiger partial charge in [-0.1, -0.05) is 33.1 Å². The molecule has 1 amide bonds. The number of nitrogens with zero attached hydrogens (tertiary/aromatic N) is 1. The van der Waals surface area contributed by atoms with Gasteiger partial charge in [0.1, 0.15) is 0 Å². The molecule has 0 aromatic heterocycles. The van der Waals surface area contributed by atoms with E-state index in [1.807, 2.05) is 6.92 Å². The molecular formula is C13H28N2O2. The Morgan fingerprint density at radius 2 is 1.88 bits per heavy atom. The zero-order chi connectivity index (χ0) is 13.3. The van der Waals surface area contributed by atoms with E-state index in [0.717, 1.165) is 25.7 Å². The zero-order valence-electron chi connectivity index (χ0n) is 11.5. The van der Waals surface area contributed by atoms with Gasteiger partial charge in [0, 0.05) is 13.1 Å². The van der Waals surface area contributed by atoms with Gasteiger partial charge >= 0.3 is 0 Å². The third-order valence-electron chi connectivity index (χ3n) is 2.95. The first-order chi connectivity index (χ1) is 7.99. The Morgan fingerprint density at radius 1 is 1.24 bits per heavy atom. The van der Waals surface area contributed by atoms with Gasteiger partial charge in [0.25, 0.3) is 0 Å². The van der Waals surface area contributed by atoms with Crippen LogP contribution in [0.3, 0.4) is 0 Å². The van der Waals surface area contributed by atoms with E-state index in [9.17, 15) is 4.79 Å². The molecule has 0 aliphatic rings. The van der Waals surface area contributed by atoms with Gasteiger partial charge in [0.05, 0.1) is 12.1 Å². The summed E-state index contributed by atoms with van der Waals surface area (Å²) in [5.74, 6) is -0.0375. The smallest absolute Gasteiger partial charge is 0.242 e. The van der Waals surface area contributed by atoms with E-state index in [4.69, 9.17) is 10.8 Å². The largest absolute Gasteiger partial charge is 0.395 e. The molecule has 0 saturated heterocycles. The van der Waals surface area contributed by atoms with Crippen LogP contribution in [-0.2, 0) is 4.79 Å². The number of carbonyl (C=O) groups is 1. The van der Waals surface area contributed by atoms with E-state index in [2.05, 4.69) is 6.92 Å². The number of aliphatic hydroxyl groups is 1. The standard InChI is InChI=1S/C13H28N2O2/c1-4-6-7-9-15(10-11-16)12(17)13(3,14)8-5-2/h16H,4-11,14H2,1-3H3. The predicted octanol–water partition coefficient (Wildman–Crippen LogP) is 1.52. The maximum absolute atomic E-state index is 12.2. The molecule has 1 atom stereocenters. The van der Waals surface area contributed by atoms with Gasteiger partial charge in [0.2, 0.25) is 5.91 Å². The SMILES string of the molecule is CCCCCN(CCO)C(=O)C(C)(N)CCC. The molecule has 0 aliphatic heterocycles. The molecule has 1 unspecified atom stereocenters. The molecule has 0 fully saturated rings. The van der Waals surface area contributed by atoms with Crippen LogP contribution >= 0.6 is 0 Å². The molecule has 0 spiro atoms. The van der Waals surface area contributed by atoms with Crippen LogP contribution in [0.4, 0.5) is 0 Å². The summed E-state index contributed by atoms with van der Waals surface area (Å²) in [6.07, 6.45) is 4.77. The summed E-state index contributed by atoms with van der Waals surface area (Å²) in [4.78, 5) is 13.9. The number of hydrogen-bond acceptors (Lipinski definition) is 3. The van der Waals surface area contributed by atoms with Crippen LogP contribution in [0.5, 0.6) is 0 Å². The Hall–Kier alpha value is -0.610. The number of hydrogen-bond donors (Lipinski definition) is 2. The fraction of sp³-hybridized carbons (Fsp3) is 0.923. The number of unbranched alkanes of at least 4 members (excludes halogenated alkanes) is 2.